The molecule has 2 rings (SSSR count). The monoisotopic (exact) mass is 241 g/mol. The summed E-state index contributed by atoms with van der Waals surface area (Å²) >= 11 is 5.90. The standard InChI is InChI=1S/C12H16ClNO2/c1-16-9-6-8(11(15)10(13)7-9)2-3-12(14)4-5-12/h6-7,15H,2-5,14H2,1H3. The first-order chi connectivity index (χ1) is 7.54. The summed E-state index contributed by atoms with van der Waals surface area (Å²) in [6, 6.07) is 3.42. The highest BCUT2D eigenvalue weighted by molar-refractivity contribution is 6.32. The molecule has 16 heavy (non-hydrogen) atoms. The number of aryl methyl sites for hydroxylation is 1. The van der Waals surface area contributed by atoms with Crippen molar-refractivity contribution in [2.24, 2.45) is 5.73 Å². The number of methoxy groups -OCH3 is 1. The van der Waals surface area contributed by atoms with Crippen LogP contribution in [0.15, 0.2) is 12.1 Å². The van der Waals surface area contributed by atoms with E-state index >= 15 is 0 Å². The lowest BCUT2D eigenvalue weighted by atomic mass is 10.0. The zero-order valence-corrected chi connectivity index (χ0v) is 10.0. The van der Waals surface area contributed by atoms with E-state index in [0.717, 1.165) is 31.2 Å². The van der Waals surface area contributed by atoms with Gasteiger partial charge in [0.15, 0.2) is 0 Å². The molecular weight excluding hydrogens is 226 g/mol. The van der Waals surface area contributed by atoms with Gasteiger partial charge in [0.1, 0.15) is 11.5 Å². The number of hydrogen-bond acceptors (Lipinski definition) is 3. The van der Waals surface area contributed by atoms with E-state index in [1.165, 1.54) is 0 Å². The molecule has 1 aromatic rings. The van der Waals surface area contributed by atoms with Gasteiger partial charge in [-0.3, -0.25) is 0 Å². The van der Waals surface area contributed by atoms with Gasteiger partial charge in [-0.15, -0.1) is 0 Å². The van der Waals surface area contributed by atoms with Crippen molar-refractivity contribution in [1.29, 1.82) is 0 Å². The third-order valence-electron chi connectivity index (χ3n) is 3.14. The van der Waals surface area contributed by atoms with Crippen molar-refractivity contribution in [2.45, 2.75) is 31.2 Å². The lowest BCUT2D eigenvalue weighted by Gasteiger charge is -2.11. The summed E-state index contributed by atoms with van der Waals surface area (Å²) in [4.78, 5) is 0. The largest absolute Gasteiger partial charge is 0.506 e. The molecule has 1 fully saturated rings. The number of aromatic hydroxyl groups is 1. The van der Waals surface area contributed by atoms with Gasteiger partial charge in [0.2, 0.25) is 0 Å². The van der Waals surface area contributed by atoms with E-state index in [9.17, 15) is 5.11 Å². The average Bonchev–Trinajstić information content (AvgIpc) is 2.99. The minimum atomic E-state index is -0.0119. The maximum absolute atomic E-state index is 9.81. The summed E-state index contributed by atoms with van der Waals surface area (Å²) in [5.41, 5.74) is 6.80. The Morgan fingerprint density at radius 1 is 1.50 bits per heavy atom. The number of rotatable bonds is 4. The van der Waals surface area contributed by atoms with Crippen LogP contribution in [0, 0.1) is 0 Å². The molecule has 0 saturated heterocycles. The van der Waals surface area contributed by atoms with Crippen LogP contribution in [-0.4, -0.2) is 17.8 Å². The summed E-state index contributed by atoms with van der Waals surface area (Å²) in [7, 11) is 1.58. The van der Waals surface area contributed by atoms with Crippen LogP contribution in [0.1, 0.15) is 24.8 Å². The van der Waals surface area contributed by atoms with Gasteiger partial charge in [0.25, 0.3) is 0 Å². The van der Waals surface area contributed by atoms with Crippen molar-refractivity contribution < 1.29 is 9.84 Å². The van der Waals surface area contributed by atoms with E-state index in [4.69, 9.17) is 22.1 Å². The van der Waals surface area contributed by atoms with Crippen molar-refractivity contribution in [3.05, 3.63) is 22.7 Å². The van der Waals surface area contributed by atoms with Crippen molar-refractivity contribution >= 4 is 11.6 Å². The molecule has 88 valence electrons. The normalized spacial score (nSPS) is 17.2. The number of hydrogen-bond donors (Lipinski definition) is 2. The molecular formula is C12H16ClNO2. The summed E-state index contributed by atoms with van der Waals surface area (Å²) in [6.07, 6.45) is 3.76. The topological polar surface area (TPSA) is 55.5 Å². The SMILES string of the molecule is COc1cc(Cl)c(O)c(CCC2(N)CC2)c1. The zero-order chi connectivity index (χ0) is 11.8. The molecule has 0 aromatic heterocycles. The fraction of sp³-hybridized carbons (Fsp3) is 0.500. The van der Waals surface area contributed by atoms with Gasteiger partial charge in [-0.2, -0.15) is 0 Å². The van der Waals surface area contributed by atoms with Gasteiger partial charge >= 0.3 is 0 Å². The number of phenolic OH excluding ortho intramolecular Hbond substituents is 1. The highest BCUT2D eigenvalue weighted by Gasteiger charge is 2.37. The Labute approximate surface area is 100 Å². The number of ether oxygens (including phenoxy) is 1. The predicted molar refractivity (Wildman–Crippen MR) is 64.1 cm³/mol. The Bertz CT molecular complexity index is 402. The maximum atomic E-state index is 9.81. The summed E-state index contributed by atoms with van der Waals surface area (Å²) < 4.78 is 5.11. The lowest BCUT2D eigenvalue weighted by Crippen LogP contribution is -2.22. The molecule has 1 aliphatic rings. The number of benzene rings is 1. The van der Waals surface area contributed by atoms with Crippen molar-refractivity contribution in [3.63, 3.8) is 0 Å². The Morgan fingerprint density at radius 2 is 2.19 bits per heavy atom. The van der Waals surface area contributed by atoms with E-state index < -0.39 is 0 Å². The quantitative estimate of drug-likeness (QED) is 0.852. The molecule has 3 N–H and O–H groups in total. The van der Waals surface area contributed by atoms with E-state index in [-0.39, 0.29) is 11.3 Å². The van der Waals surface area contributed by atoms with Gasteiger partial charge in [-0.1, -0.05) is 11.6 Å². The maximum Gasteiger partial charge on any atom is 0.137 e. The highest BCUT2D eigenvalue weighted by atomic mass is 35.5. The average molecular weight is 242 g/mol. The van der Waals surface area contributed by atoms with Gasteiger partial charge in [0.05, 0.1) is 12.1 Å². The predicted octanol–water partition coefficient (Wildman–Crippen LogP) is 2.48. The first kappa shape index (κ1) is 11.6. The van der Waals surface area contributed by atoms with Crippen LogP contribution in [0.5, 0.6) is 11.5 Å². The molecule has 4 heteroatoms. The van der Waals surface area contributed by atoms with Crippen LogP contribution in [0.25, 0.3) is 0 Å². The molecule has 0 amide bonds. The molecule has 0 heterocycles. The molecule has 0 aliphatic heterocycles. The Balaban J connectivity index is 2.15. The first-order valence-electron chi connectivity index (χ1n) is 5.38. The molecule has 0 radical (unpaired) electrons. The second kappa shape index (κ2) is 4.15. The second-order valence-corrected chi connectivity index (χ2v) is 4.89. The van der Waals surface area contributed by atoms with Gasteiger partial charge in [-0.25, -0.2) is 0 Å². The van der Waals surface area contributed by atoms with Gasteiger partial charge < -0.3 is 15.6 Å². The minimum Gasteiger partial charge on any atom is -0.506 e. The van der Waals surface area contributed by atoms with E-state index in [0.29, 0.717) is 10.8 Å². The first-order valence-corrected chi connectivity index (χ1v) is 5.76. The van der Waals surface area contributed by atoms with Crippen LogP contribution in [0.2, 0.25) is 5.02 Å². The molecule has 0 unspecified atom stereocenters. The summed E-state index contributed by atoms with van der Waals surface area (Å²) in [6.45, 7) is 0. The third kappa shape index (κ3) is 2.42. The minimum absolute atomic E-state index is 0.0119. The Kier molecular flexibility index (Phi) is 3.00. The Hall–Kier alpha value is -0.930. The molecule has 0 bridgehead atoms. The van der Waals surface area contributed by atoms with Crippen molar-refractivity contribution in [2.75, 3.05) is 7.11 Å². The van der Waals surface area contributed by atoms with Gasteiger partial charge in [0, 0.05) is 11.6 Å². The van der Waals surface area contributed by atoms with Crippen LogP contribution in [-0.2, 0) is 6.42 Å². The summed E-state index contributed by atoms with van der Waals surface area (Å²) in [5, 5.41) is 10.1. The molecule has 1 saturated carbocycles. The smallest absolute Gasteiger partial charge is 0.137 e. The number of phenols is 1. The number of halogens is 1. The molecule has 1 aliphatic carbocycles. The van der Waals surface area contributed by atoms with E-state index in [1.54, 1.807) is 13.2 Å². The van der Waals surface area contributed by atoms with Crippen LogP contribution >= 0.6 is 11.6 Å². The van der Waals surface area contributed by atoms with E-state index in [1.807, 2.05) is 6.07 Å². The molecule has 1 aromatic carbocycles. The van der Waals surface area contributed by atoms with Crippen molar-refractivity contribution in [1.82, 2.24) is 0 Å². The Morgan fingerprint density at radius 3 is 2.75 bits per heavy atom. The highest BCUT2D eigenvalue weighted by Crippen LogP contribution is 2.39. The lowest BCUT2D eigenvalue weighted by molar-refractivity contribution is 0.410. The van der Waals surface area contributed by atoms with E-state index in [2.05, 4.69) is 0 Å². The molecule has 0 spiro atoms. The fourth-order valence-corrected chi connectivity index (χ4v) is 1.96. The zero-order valence-electron chi connectivity index (χ0n) is 9.29. The number of nitrogens with two attached hydrogens (primary N) is 1. The van der Waals surface area contributed by atoms with Crippen LogP contribution in [0.3, 0.4) is 0 Å². The van der Waals surface area contributed by atoms with Crippen LogP contribution < -0.4 is 10.5 Å². The second-order valence-electron chi connectivity index (χ2n) is 4.48. The van der Waals surface area contributed by atoms with Crippen molar-refractivity contribution in [3.8, 4) is 11.5 Å². The molecule has 0 atom stereocenters. The van der Waals surface area contributed by atoms with Crippen LogP contribution in [0.4, 0.5) is 0 Å². The van der Waals surface area contributed by atoms with Gasteiger partial charge in [-0.05, 0) is 37.3 Å². The third-order valence-corrected chi connectivity index (χ3v) is 3.42. The molecule has 3 nitrogen and oxygen atoms in total. The fourth-order valence-electron chi connectivity index (χ4n) is 1.73. The summed E-state index contributed by atoms with van der Waals surface area (Å²) in [5.74, 6) is 0.811.